The molecule has 6 nitrogen and oxygen atoms in total. The summed E-state index contributed by atoms with van der Waals surface area (Å²) < 4.78 is 14.8. The topological polar surface area (TPSA) is 82.1 Å². The number of hydrogen-bond donors (Lipinski definition) is 1. The Morgan fingerprint density at radius 2 is 2.21 bits per heavy atom. The summed E-state index contributed by atoms with van der Waals surface area (Å²) in [5.74, 6) is -0.725. The molecule has 6 heteroatoms. The molecule has 1 heterocycles. The smallest absolute Gasteiger partial charge is 0.345 e. The number of carbonyl (C=O) groups excluding carboxylic acids is 2. The van der Waals surface area contributed by atoms with E-state index in [0.717, 1.165) is 0 Å². The Morgan fingerprint density at radius 1 is 1.53 bits per heavy atom. The monoisotopic (exact) mass is 266 g/mol. The number of aryl methyl sites for hydroxylation is 1. The van der Waals surface area contributed by atoms with E-state index in [4.69, 9.17) is 14.2 Å². The van der Waals surface area contributed by atoms with Crippen molar-refractivity contribution in [3.8, 4) is 5.75 Å². The van der Waals surface area contributed by atoms with E-state index in [1.165, 1.54) is 14.0 Å². The van der Waals surface area contributed by atoms with Crippen molar-refractivity contribution in [1.82, 2.24) is 0 Å². The van der Waals surface area contributed by atoms with Crippen LogP contribution in [0.5, 0.6) is 5.75 Å². The molecule has 1 N–H and O–H groups in total. The Labute approximate surface area is 109 Å². The van der Waals surface area contributed by atoms with Gasteiger partial charge < -0.3 is 19.3 Å². The average molecular weight is 266 g/mol. The number of ether oxygens (including phenoxy) is 3. The van der Waals surface area contributed by atoms with Gasteiger partial charge in [-0.1, -0.05) is 0 Å². The van der Waals surface area contributed by atoms with Gasteiger partial charge in [0, 0.05) is 18.1 Å². The third-order valence-corrected chi connectivity index (χ3v) is 2.90. The molecule has 1 aliphatic rings. The molecule has 0 radical (unpaired) electrons. The summed E-state index contributed by atoms with van der Waals surface area (Å²) in [5, 5.41) is 9.77. The minimum absolute atomic E-state index is 0.0315. The number of esters is 2. The Morgan fingerprint density at radius 3 is 2.79 bits per heavy atom. The standard InChI is InChI=1S/C13H14O6/c1-6-4-8(5-18-7(2)14)9-10(11(6)17-3)13(16)19-12(9)15/h4,12,15H,5H2,1-3H3. The molecule has 0 saturated carbocycles. The van der Waals surface area contributed by atoms with Crippen molar-refractivity contribution in [2.24, 2.45) is 0 Å². The Balaban J connectivity index is 2.55. The maximum absolute atomic E-state index is 11.7. The van der Waals surface area contributed by atoms with Crippen molar-refractivity contribution in [2.75, 3.05) is 7.11 Å². The highest BCUT2D eigenvalue weighted by Crippen LogP contribution is 2.39. The predicted octanol–water partition coefficient (Wildman–Crippen LogP) is 1.23. The fourth-order valence-corrected chi connectivity index (χ4v) is 2.15. The first-order chi connectivity index (χ1) is 8.95. The molecule has 0 fully saturated rings. The molecule has 1 atom stereocenters. The van der Waals surface area contributed by atoms with Crippen LogP contribution >= 0.6 is 0 Å². The molecular formula is C13H14O6. The minimum Gasteiger partial charge on any atom is -0.496 e. The average Bonchev–Trinajstić information content (AvgIpc) is 2.62. The van der Waals surface area contributed by atoms with E-state index in [-0.39, 0.29) is 12.2 Å². The number of fused-ring (bicyclic) bond motifs is 1. The summed E-state index contributed by atoms with van der Waals surface area (Å²) in [6.45, 7) is 3.01. The molecule has 1 unspecified atom stereocenters. The van der Waals surface area contributed by atoms with Crippen LogP contribution in [0.3, 0.4) is 0 Å². The summed E-state index contributed by atoms with van der Waals surface area (Å²) in [6.07, 6.45) is -1.36. The molecule has 1 aromatic carbocycles. The SMILES string of the molecule is COc1c(C)cc(COC(C)=O)c2c1C(=O)OC2O. The fourth-order valence-electron chi connectivity index (χ4n) is 2.15. The highest BCUT2D eigenvalue weighted by Gasteiger charge is 2.36. The highest BCUT2D eigenvalue weighted by molar-refractivity contribution is 5.97. The molecule has 0 aromatic heterocycles. The highest BCUT2D eigenvalue weighted by atomic mass is 16.6. The van der Waals surface area contributed by atoms with E-state index in [0.29, 0.717) is 22.4 Å². The lowest BCUT2D eigenvalue weighted by atomic mass is 9.98. The van der Waals surface area contributed by atoms with Crippen LogP contribution in [0.1, 0.15) is 40.3 Å². The van der Waals surface area contributed by atoms with Gasteiger partial charge in [-0.15, -0.1) is 0 Å². The number of hydrogen-bond acceptors (Lipinski definition) is 6. The lowest BCUT2D eigenvalue weighted by Crippen LogP contribution is -2.07. The Hall–Kier alpha value is -2.08. The number of aliphatic hydroxyl groups is 1. The number of aliphatic hydroxyl groups excluding tert-OH is 1. The van der Waals surface area contributed by atoms with Gasteiger partial charge in [0.25, 0.3) is 0 Å². The summed E-state index contributed by atoms with van der Waals surface area (Å²) in [5.41, 5.74) is 1.72. The lowest BCUT2D eigenvalue weighted by Gasteiger charge is -2.13. The summed E-state index contributed by atoms with van der Waals surface area (Å²) in [7, 11) is 1.44. The van der Waals surface area contributed by atoms with Crippen molar-refractivity contribution in [1.29, 1.82) is 0 Å². The zero-order valence-electron chi connectivity index (χ0n) is 10.9. The molecule has 1 aromatic rings. The number of rotatable bonds is 3. The molecule has 2 rings (SSSR count). The van der Waals surface area contributed by atoms with E-state index in [9.17, 15) is 14.7 Å². The second kappa shape index (κ2) is 4.89. The van der Waals surface area contributed by atoms with Crippen molar-refractivity contribution in [3.63, 3.8) is 0 Å². The molecule has 0 aliphatic carbocycles. The first kappa shape index (κ1) is 13.4. The summed E-state index contributed by atoms with van der Waals surface area (Å²) >= 11 is 0. The van der Waals surface area contributed by atoms with Crippen molar-refractivity contribution in [2.45, 2.75) is 26.7 Å². The summed E-state index contributed by atoms with van der Waals surface area (Å²) in [6, 6.07) is 1.70. The normalized spacial score (nSPS) is 16.8. The van der Waals surface area contributed by atoms with Crippen LogP contribution in [0.15, 0.2) is 6.07 Å². The van der Waals surface area contributed by atoms with Crippen molar-refractivity contribution < 1.29 is 28.9 Å². The van der Waals surface area contributed by atoms with Gasteiger partial charge >= 0.3 is 11.9 Å². The predicted molar refractivity (Wildman–Crippen MR) is 63.6 cm³/mol. The second-order valence-corrected chi connectivity index (χ2v) is 4.21. The van der Waals surface area contributed by atoms with E-state index in [1.807, 2.05) is 0 Å². The van der Waals surface area contributed by atoms with Crippen LogP contribution in [0.4, 0.5) is 0 Å². The molecule has 0 bridgehead atoms. The van der Waals surface area contributed by atoms with Crippen molar-refractivity contribution >= 4 is 11.9 Å². The lowest BCUT2D eigenvalue weighted by molar-refractivity contribution is -0.142. The van der Waals surface area contributed by atoms with Crippen LogP contribution in [0, 0.1) is 6.92 Å². The van der Waals surface area contributed by atoms with Gasteiger partial charge in [-0.25, -0.2) is 4.79 Å². The molecule has 0 saturated heterocycles. The fraction of sp³-hybridized carbons (Fsp3) is 0.385. The molecule has 19 heavy (non-hydrogen) atoms. The van der Waals surface area contributed by atoms with Gasteiger partial charge in [0.2, 0.25) is 6.29 Å². The van der Waals surface area contributed by atoms with Crippen LogP contribution in [0.2, 0.25) is 0 Å². The van der Waals surface area contributed by atoms with E-state index < -0.39 is 18.2 Å². The zero-order valence-corrected chi connectivity index (χ0v) is 10.9. The van der Waals surface area contributed by atoms with Crippen molar-refractivity contribution in [3.05, 3.63) is 28.3 Å². The third kappa shape index (κ3) is 2.26. The maximum Gasteiger partial charge on any atom is 0.345 e. The van der Waals surface area contributed by atoms with Gasteiger partial charge in [-0.2, -0.15) is 0 Å². The second-order valence-electron chi connectivity index (χ2n) is 4.21. The van der Waals surface area contributed by atoms with Gasteiger partial charge in [0.1, 0.15) is 17.9 Å². The van der Waals surface area contributed by atoms with Gasteiger partial charge in [0.15, 0.2) is 0 Å². The maximum atomic E-state index is 11.7. The Bertz CT molecular complexity index is 549. The minimum atomic E-state index is -1.36. The van der Waals surface area contributed by atoms with E-state index >= 15 is 0 Å². The first-order valence-corrected chi connectivity index (χ1v) is 5.68. The first-order valence-electron chi connectivity index (χ1n) is 5.68. The third-order valence-electron chi connectivity index (χ3n) is 2.90. The van der Waals surface area contributed by atoms with E-state index in [2.05, 4.69) is 0 Å². The summed E-state index contributed by atoms with van der Waals surface area (Å²) in [4.78, 5) is 22.6. The molecule has 0 amide bonds. The quantitative estimate of drug-likeness (QED) is 0.828. The number of cyclic esters (lactones) is 1. The van der Waals surface area contributed by atoms with Crippen LogP contribution < -0.4 is 4.74 Å². The van der Waals surface area contributed by atoms with Gasteiger partial charge in [-0.3, -0.25) is 4.79 Å². The number of methoxy groups -OCH3 is 1. The molecule has 0 spiro atoms. The molecule has 102 valence electrons. The number of carbonyl (C=O) groups is 2. The molecular weight excluding hydrogens is 252 g/mol. The van der Waals surface area contributed by atoms with Gasteiger partial charge in [-0.05, 0) is 18.6 Å². The number of benzene rings is 1. The largest absolute Gasteiger partial charge is 0.496 e. The zero-order chi connectivity index (χ0) is 14.2. The van der Waals surface area contributed by atoms with E-state index in [1.54, 1.807) is 13.0 Å². The Kier molecular flexibility index (Phi) is 3.44. The van der Waals surface area contributed by atoms with Crippen LogP contribution in [-0.4, -0.2) is 24.2 Å². The van der Waals surface area contributed by atoms with Crippen LogP contribution in [-0.2, 0) is 20.9 Å². The van der Waals surface area contributed by atoms with Crippen LogP contribution in [0.25, 0.3) is 0 Å². The van der Waals surface area contributed by atoms with Gasteiger partial charge in [0.05, 0.1) is 7.11 Å². The molecule has 1 aliphatic heterocycles.